The van der Waals surface area contributed by atoms with E-state index in [1.54, 1.807) is 17.5 Å². The van der Waals surface area contributed by atoms with E-state index in [1.807, 2.05) is 12.5 Å². The van der Waals surface area contributed by atoms with Crippen molar-refractivity contribution in [1.29, 1.82) is 0 Å². The molecule has 0 fully saturated rings. The first kappa shape index (κ1) is 13.3. The van der Waals surface area contributed by atoms with Gasteiger partial charge in [0.25, 0.3) is 0 Å². The van der Waals surface area contributed by atoms with Gasteiger partial charge in [0.2, 0.25) is 5.28 Å². The SMILES string of the molecule is Cc1cc2c(NCCCn3ccnc3)nc(Cl)nc2s1. The summed E-state index contributed by atoms with van der Waals surface area (Å²) in [7, 11) is 0. The van der Waals surface area contributed by atoms with Crippen LogP contribution >= 0.6 is 22.9 Å². The summed E-state index contributed by atoms with van der Waals surface area (Å²) in [4.78, 5) is 14.7. The van der Waals surface area contributed by atoms with Crippen LogP contribution in [0.3, 0.4) is 0 Å². The number of anilines is 1. The molecule has 0 amide bonds. The molecule has 0 spiro atoms. The number of thiophene rings is 1. The lowest BCUT2D eigenvalue weighted by molar-refractivity contribution is 0.660. The molecule has 0 unspecified atom stereocenters. The minimum absolute atomic E-state index is 0.288. The average molecular weight is 308 g/mol. The molecule has 20 heavy (non-hydrogen) atoms. The van der Waals surface area contributed by atoms with E-state index >= 15 is 0 Å². The molecule has 0 atom stereocenters. The van der Waals surface area contributed by atoms with Gasteiger partial charge >= 0.3 is 0 Å². The van der Waals surface area contributed by atoms with Gasteiger partial charge < -0.3 is 9.88 Å². The molecule has 0 bridgehead atoms. The van der Waals surface area contributed by atoms with Crippen molar-refractivity contribution in [3.05, 3.63) is 34.9 Å². The molecule has 0 aliphatic carbocycles. The van der Waals surface area contributed by atoms with E-state index in [0.29, 0.717) is 0 Å². The third-order valence-corrected chi connectivity index (χ3v) is 4.05. The first-order chi connectivity index (χ1) is 9.72. The molecule has 0 saturated carbocycles. The summed E-state index contributed by atoms with van der Waals surface area (Å²) in [6, 6.07) is 2.09. The summed E-state index contributed by atoms with van der Waals surface area (Å²) in [5.41, 5.74) is 0. The van der Waals surface area contributed by atoms with Gasteiger partial charge in [-0.1, -0.05) is 0 Å². The first-order valence-corrected chi connectivity index (χ1v) is 7.55. The van der Waals surface area contributed by atoms with Crippen molar-refractivity contribution in [2.45, 2.75) is 19.9 Å². The first-order valence-electron chi connectivity index (χ1n) is 6.35. The maximum absolute atomic E-state index is 5.96. The van der Waals surface area contributed by atoms with E-state index in [-0.39, 0.29) is 5.28 Å². The fourth-order valence-corrected chi connectivity index (χ4v) is 3.14. The summed E-state index contributed by atoms with van der Waals surface area (Å²) >= 11 is 7.59. The lowest BCUT2D eigenvalue weighted by atomic mass is 10.3. The van der Waals surface area contributed by atoms with E-state index in [9.17, 15) is 0 Å². The van der Waals surface area contributed by atoms with Crippen molar-refractivity contribution in [3.63, 3.8) is 0 Å². The maximum Gasteiger partial charge on any atom is 0.225 e. The average Bonchev–Trinajstić information content (AvgIpc) is 3.02. The smallest absolute Gasteiger partial charge is 0.225 e. The van der Waals surface area contributed by atoms with E-state index in [2.05, 4.69) is 37.8 Å². The van der Waals surface area contributed by atoms with Crippen LogP contribution in [0.1, 0.15) is 11.3 Å². The standard InChI is InChI=1S/C13H14ClN5S/c1-9-7-10-11(17-13(14)18-12(10)20-9)16-3-2-5-19-6-4-15-8-19/h4,6-8H,2-3,5H2,1H3,(H,16,17,18). The number of rotatable bonds is 5. The van der Waals surface area contributed by atoms with E-state index in [0.717, 1.165) is 35.5 Å². The highest BCUT2D eigenvalue weighted by molar-refractivity contribution is 7.18. The molecule has 3 aromatic rings. The van der Waals surface area contributed by atoms with Crippen LogP contribution in [0.15, 0.2) is 24.8 Å². The molecule has 0 saturated heterocycles. The van der Waals surface area contributed by atoms with Crippen LogP contribution in [0.4, 0.5) is 5.82 Å². The minimum Gasteiger partial charge on any atom is -0.369 e. The monoisotopic (exact) mass is 307 g/mol. The van der Waals surface area contributed by atoms with Crippen LogP contribution < -0.4 is 5.32 Å². The molecule has 3 aromatic heterocycles. The van der Waals surface area contributed by atoms with Crippen LogP contribution in [0.25, 0.3) is 10.2 Å². The Kier molecular flexibility index (Phi) is 3.84. The quantitative estimate of drug-likeness (QED) is 0.580. The number of imidazole rings is 1. The predicted molar refractivity (Wildman–Crippen MR) is 82.5 cm³/mol. The highest BCUT2D eigenvalue weighted by atomic mass is 35.5. The van der Waals surface area contributed by atoms with Gasteiger partial charge in [-0.15, -0.1) is 11.3 Å². The molecular formula is C13H14ClN5S. The summed E-state index contributed by atoms with van der Waals surface area (Å²) in [5.74, 6) is 0.815. The van der Waals surface area contributed by atoms with E-state index in [1.165, 1.54) is 4.88 Å². The Hall–Kier alpha value is -1.66. The highest BCUT2D eigenvalue weighted by Gasteiger charge is 2.09. The Morgan fingerprint density at radius 3 is 3.10 bits per heavy atom. The molecule has 0 aliphatic rings. The fraction of sp³-hybridized carbons (Fsp3) is 0.308. The van der Waals surface area contributed by atoms with Gasteiger partial charge in [0.1, 0.15) is 10.6 Å². The second-order valence-electron chi connectivity index (χ2n) is 4.50. The zero-order chi connectivity index (χ0) is 13.9. The minimum atomic E-state index is 0.288. The number of aryl methyl sites for hydroxylation is 2. The Bertz CT molecular complexity index is 707. The zero-order valence-corrected chi connectivity index (χ0v) is 12.6. The van der Waals surface area contributed by atoms with Crippen molar-refractivity contribution >= 4 is 39.0 Å². The van der Waals surface area contributed by atoms with Gasteiger partial charge in [-0.25, -0.2) is 15.0 Å². The molecule has 5 nitrogen and oxygen atoms in total. The van der Waals surface area contributed by atoms with Gasteiger partial charge in [-0.05, 0) is 31.0 Å². The highest BCUT2D eigenvalue weighted by Crippen LogP contribution is 2.29. The van der Waals surface area contributed by atoms with Crippen LogP contribution in [0.2, 0.25) is 5.28 Å². The summed E-state index contributed by atoms with van der Waals surface area (Å²) in [6.07, 6.45) is 6.56. The van der Waals surface area contributed by atoms with Gasteiger partial charge in [0.05, 0.1) is 11.7 Å². The molecule has 3 rings (SSSR count). The Balaban J connectivity index is 1.67. The van der Waals surface area contributed by atoms with Crippen LogP contribution in [0.5, 0.6) is 0 Å². The Morgan fingerprint density at radius 2 is 2.30 bits per heavy atom. The van der Waals surface area contributed by atoms with Gasteiger partial charge in [0, 0.05) is 30.4 Å². The van der Waals surface area contributed by atoms with E-state index in [4.69, 9.17) is 11.6 Å². The van der Waals surface area contributed by atoms with Crippen LogP contribution in [-0.4, -0.2) is 26.1 Å². The molecule has 0 aliphatic heterocycles. The molecular weight excluding hydrogens is 294 g/mol. The number of hydrogen-bond donors (Lipinski definition) is 1. The van der Waals surface area contributed by atoms with Crippen molar-refractivity contribution < 1.29 is 0 Å². The third-order valence-electron chi connectivity index (χ3n) is 2.93. The number of aromatic nitrogens is 4. The number of fused-ring (bicyclic) bond motifs is 1. The molecule has 7 heteroatoms. The fourth-order valence-electron chi connectivity index (χ4n) is 2.04. The number of hydrogen-bond acceptors (Lipinski definition) is 5. The molecule has 0 radical (unpaired) electrons. The van der Waals surface area contributed by atoms with Gasteiger partial charge in [0.15, 0.2) is 0 Å². The zero-order valence-electron chi connectivity index (χ0n) is 11.0. The second kappa shape index (κ2) is 5.76. The topological polar surface area (TPSA) is 55.6 Å². The Morgan fingerprint density at radius 1 is 1.40 bits per heavy atom. The number of nitrogens with one attached hydrogen (secondary N) is 1. The van der Waals surface area contributed by atoms with Crippen LogP contribution in [-0.2, 0) is 6.54 Å². The van der Waals surface area contributed by atoms with Gasteiger partial charge in [-0.3, -0.25) is 0 Å². The van der Waals surface area contributed by atoms with Crippen molar-refractivity contribution in [1.82, 2.24) is 19.5 Å². The maximum atomic E-state index is 5.96. The molecule has 1 N–H and O–H groups in total. The second-order valence-corrected chi connectivity index (χ2v) is 6.07. The molecule has 0 aromatic carbocycles. The van der Waals surface area contributed by atoms with E-state index < -0.39 is 0 Å². The molecule has 104 valence electrons. The number of nitrogens with zero attached hydrogens (tertiary/aromatic N) is 4. The lowest BCUT2D eigenvalue weighted by Gasteiger charge is -2.07. The van der Waals surface area contributed by atoms with Crippen molar-refractivity contribution in [2.24, 2.45) is 0 Å². The predicted octanol–water partition coefficient (Wildman–Crippen LogP) is 3.35. The summed E-state index contributed by atoms with van der Waals surface area (Å²) in [6.45, 7) is 3.82. The van der Waals surface area contributed by atoms with Crippen molar-refractivity contribution in [3.8, 4) is 0 Å². The summed E-state index contributed by atoms with van der Waals surface area (Å²) < 4.78 is 2.05. The normalized spacial score (nSPS) is 11.1. The summed E-state index contributed by atoms with van der Waals surface area (Å²) in [5, 5.41) is 4.67. The lowest BCUT2D eigenvalue weighted by Crippen LogP contribution is -2.07. The van der Waals surface area contributed by atoms with Crippen LogP contribution in [0, 0.1) is 6.92 Å². The van der Waals surface area contributed by atoms with Gasteiger partial charge in [-0.2, -0.15) is 0 Å². The van der Waals surface area contributed by atoms with Crippen molar-refractivity contribution in [2.75, 3.05) is 11.9 Å². The Labute approximate surface area is 125 Å². The third kappa shape index (κ3) is 2.91. The molecule has 3 heterocycles. The largest absolute Gasteiger partial charge is 0.369 e. The number of halogens is 1.